The number of rotatable bonds is 5. The number of carbonyl (C=O) groups excluding carboxylic acids is 2. The number of carbonyl (C=O) groups is 2. The van der Waals surface area contributed by atoms with E-state index in [1.807, 2.05) is 16.7 Å². The topological polar surface area (TPSA) is 81.4 Å². The second kappa shape index (κ2) is 7.06. The van der Waals surface area contributed by atoms with Gasteiger partial charge in [-0.25, -0.2) is 9.78 Å². The number of pyridine rings is 1. The summed E-state index contributed by atoms with van der Waals surface area (Å²) in [6.07, 6.45) is 7.74. The van der Waals surface area contributed by atoms with Crippen LogP contribution in [0.2, 0.25) is 0 Å². The Hall–Kier alpha value is -2.45. The van der Waals surface area contributed by atoms with E-state index in [9.17, 15) is 14.7 Å². The molecule has 1 aliphatic carbocycles. The van der Waals surface area contributed by atoms with Gasteiger partial charge in [0.2, 0.25) is 5.91 Å². The number of likely N-dealkylation sites (tertiary alicyclic amines) is 1. The van der Waals surface area contributed by atoms with E-state index in [-0.39, 0.29) is 30.6 Å². The molecule has 0 bridgehead atoms. The largest absolute Gasteiger partial charge is 0.392 e. The number of imidazole rings is 1. The van der Waals surface area contributed by atoms with E-state index < -0.39 is 0 Å². The number of aliphatic hydroxyl groups is 1. The minimum atomic E-state index is -0.360. The van der Waals surface area contributed by atoms with E-state index in [4.69, 9.17) is 4.98 Å². The van der Waals surface area contributed by atoms with Crippen LogP contribution in [0.1, 0.15) is 62.7 Å². The number of aliphatic hydroxyl groups excluding tert-OH is 1. The molecule has 2 aromatic rings. The first-order valence-electron chi connectivity index (χ1n) is 10.9. The summed E-state index contributed by atoms with van der Waals surface area (Å²) < 4.78 is 2.01. The molecule has 1 unspecified atom stereocenters. The number of β-amino-alcohol motifs (C(OH)–C–C–N with tert-alkyl or cyclic N) is 1. The molecule has 3 aliphatic rings. The summed E-state index contributed by atoms with van der Waals surface area (Å²) in [5.74, 6) is 0.304. The van der Waals surface area contributed by atoms with Gasteiger partial charge in [0.05, 0.1) is 23.5 Å². The van der Waals surface area contributed by atoms with Crippen LogP contribution in [0, 0.1) is 0 Å². The molecule has 1 N–H and O–H groups in total. The van der Waals surface area contributed by atoms with Crippen LogP contribution in [-0.2, 0) is 4.79 Å². The number of amides is 3. The second-order valence-corrected chi connectivity index (χ2v) is 9.01. The molecule has 160 valence electrons. The molecule has 3 amide bonds. The van der Waals surface area contributed by atoms with Gasteiger partial charge in [0, 0.05) is 32.0 Å². The van der Waals surface area contributed by atoms with Crippen molar-refractivity contribution in [3.63, 3.8) is 0 Å². The lowest BCUT2D eigenvalue weighted by Crippen LogP contribution is -2.33. The summed E-state index contributed by atoms with van der Waals surface area (Å²) >= 11 is 0. The van der Waals surface area contributed by atoms with Crippen LogP contribution in [0.3, 0.4) is 0 Å². The first kappa shape index (κ1) is 19.5. The van der Waals surface area contributed by atoms with Crippen LogP contribution in [-0.4, -0.2) is 68.5 Å². The zero-order valence-corrected chi connectivity index (χ0v) is 17.8. The van der Waals surface area contributed by atoms with E-state index in [0.29, 0.717) is 36.3 Å². The van der Waals surface area contributed by atoms with Crippen molar-refractivity contribution in [1.29, 1.82) is 0 Å². The van der Waals surface area contributed by atoms with Crippen molar-refractivity contribution in [3.8, 4) is 0 Å². The Labute approximate surface area is 176 Å². The highest BCUT2D eigenvalue weighted by atomic mass is 16.3. The Bertz CT molecular complexity index is 1010. The molecule has 8 heteroatoms. The van der Waals surface area contributed by atoms with Crippen LogP contribution in [0.4, 0.5) is 10.5 Å². The molecule has 4 heterocycles. The predicted octanol–water partition coefficient (Wildman–Crippen LogP) is 2.52. The molecule has 3 fully saturated rings. The zero-order valence-electron chi connectivity index (χ0n) is 17.8. The lowest BCUT2D eigenvalue weighted by atomic mass is 10.1. The minimum absolute atomic E-state index is 0.0441. The first-order valence-corrected chi connectivity index (χ1v) is 10.9. The molecule has 30 heavy (non-hydrogen) atoms. The Morgan fingerprint density at radius 1 is 1.27 bits per heavy atom. The van der Waals surface area contributed by atoms with Gasteiger partial charge < -0.3 is 9.51 Å². The fraction of sp³-hybridized carbons (Fsp3) is 0.591. The molecule has 2 aromatic heterocycles. The predicted molar refractivity (Wildman–Crippen MR) is 113 cm³/mol. The van der Waals surface area contributed by atoms with Gasteiger partial charge in [0.15, 0.2) is 5.65 Å². The average Bonchev–Trinajstić information content (AvgIpc) is 3.30. The van der Waals surface area contributed by atoms with Crippen LogP contribution in [0.15, 0.2) is 18.5 Å². The monoisotopic (exact) mass is 411 g/mol. The molecule has 0 spiro atoms. The molecule has 0 radical (unpaired) electrons. The number of hydrogen-bond acceptors (Lipinski definition) is 5. The van der Waals surface area contributed by atoms with E-state index in [1.165, 1.54) is 22.4 Å². The highest BCUT2D eigenvalue weighted by Crippen LogP contribution is 2.43. The molecule has 2 aliphatic heterocycles. The molecule has 2 saturated heterocycles. The van der Waals surface area contributed by atoms with Crippen molar-refractivity contribution in [1.82, 2.24) is 19.2 Å². The van der Waals surface area contributed by atoms with Gasteiger partial charge in [0.25, 0.3) is 0 Å². The third kappa shape index (κ3) is 3.09. The van der Waals surface area contributed by atoms with E-state index in [0.717, 1.165) is 25.0 Å². The van der Waals surface area contributed by atoms with Crippen molar-refractivity contribution >= 4 is 23.3 Å². The first-order chi connectivity index (χ1) is 14.4. The number of fused-ring (bicyclic) bond motifs is 1. The molecular weight excluding hydrogens is 382 g/mol. The highest BCUT2D eigenvalue weighted by Gasteiger charge is 2.39. The highest BCUT2D eigenvalue weighted by molar-refractivity contribution is 6.13. The van der Waals surface area contributed by atoms with Gasteiger partial charge in [-0.2, -0.15) is 0 Å². The molecule has 1 saturated carbocycles. The maximum absolute atomic E-state index is 12.7. The SMILES string of the molecule is CCC(C)N1C[C@@H](O)C[C@@H]1c1cn2cc(C3CC3)cc(N3CC(=O)N(C)C3=O)c2n1. The quantitative estimate of drug-likeness (QED) is 0.765. The number of anilines is 1. The average molecular weight is 412 g/mol. The van der Waals surface area contributed by atoms with E-state index in [2.05, 4.69) is 24.9 Å². The van der Waals surface area contributed by atoms with Gasteiger partial charge in [-0.3, -0.25) is 19.5 Å². The van der Waals surface area contributed by atoms with Crippen LogP contribution >= 0.6 is 0 Å². The third-order valence-electron chi connectivity index (χ3n) is 6.91. The van der Waals surface area contributed by atoms with Crippen molar-refractivity contribution in [2.75, 3.05) is 25.0 Å². The van der Waals surface area contributed by atoms with Crippen LogP contribution < -0.4 is 4.90 Å². The van der Waals surface area contributed by atoms with Gasteiger partial charge in [0.1, 0.15) is 6.54 Å². The fourth-order valence-corrected chi connectivity index (χ4v) is 4.76. The Morgan fingerprint density at radius 2 is 2.03 bits per heavy atom. The van der Waals surface area contributed by atoms with Crippen LogP contribution in [0.5, 0.6) is 0 Å². The summed E-state index contributed by atoms with van der Waals surface area (Å²) in [5.41, 5.74) is 3.48. The summed E-state index contributed by atoms with van der Waals surface area (Å²) in [6.45, 7) is 5.03. The summed E-state index contributed by atoms with van der Waals surface area (Å²) in [4.78, 5) is 34.8. The van der Waals surface area contributed by atoms with Crippen molar-refractivity contribution in [3.05, 3.63) is 29.7 Å². The summed E-state index contributed by atoms with van der Waals surface area (Å²) in [5, 5.41) is 10.3. The fourth-order valence-electron chi connectivity index (χ4n) is 4.76. The number of imide groups is 1. The standard InChI is InChI=1S/C22H29N5O3/c1-4-13(2)26-10-16(28)8-18(26)17-11-25-9-15(14-5-6-14)7-19(21(25)23-17)27-12-20(29)24(3)22(27)30/h7,9,11,13-14,16,18,28H,4-6,8,10,12H2,1-3H3/t13?,16-,18+/m0/s1. The molecule has 8 nitrogen and oxygen atoms in total. The van der Waals surface area contributed by atoms with Gasteiger partial charge >= 0.3 is 6.03 Å². The maximum atomic E-state index is 12.7. The number of hydrogen-bond donors (Lipinski definition) is 1. The number of aromatic nitrogens is 2. The minimum Gasteiger partial charge on any atom is -0.392 e. The normalized spacial score (nSPS) is 26.4. The van der Waals surface area contributed by atoms with Crippen LogP contribution in [0.25, 0.3) is 5.65 Å². The molecule has 0 aromatic carbocycles. The number of nitrogens with zero attached hydrogens (tertiary/aromatic N) is 5. The van der Waals surface area contributed by atoms with E-state index >= 15 is 0 Å². The Balaban J connectivity index is 1.60. The van der Waals surface area contributed by atoms with Gasteiger partial charge in [-0.15, -0.1) is 0 Å². The third-order valence-corrected chi connectivity index (χ3v) is 6.91. The van der Waals surface area contributed by atoms with Crippen molar-refractivity contribution < 1.29 is 14.7 Å². The second-order valence-electron chi connectivity index (χ2n) is 9.01. The summed E-state index contributed by atoms with van der Waals surface area (Å²) in [7, 11) is 1.52. The smallest absolute Gasteiger partial charge is 0.331 e. The molecule has 3 atom stereocenters. The number of likely N-dealkylation sites (N-methyl/N-ethyl adjacent to an activating group) is 1. The zero-order chi connectivity index (χ0) is 21.2. The maximum Gasteiger partial charge on any atom is 0.331 e. The van der Waals surface area contributed by atoms with Crippen molar-refractivity contribution in [2.45, 2.75) is 63.6 Å². The van der Waals surface area contributed by atoms with Crippen molar-refractivity contribution in [2.24, 2.45) is 0 Å². The van der Waals surface area contributed by atoms with Gasteiger partial charge in [-0.1, -0.05) is 6.92 Å². The summed E-state index contributed by atoms with van der Waals surface area (Å²) in [6, 6.07) is 2.12. The Morgan fingerprint density at radius 3 is 2.67 bits per heavy atom. The lowest BCUT2D eigenvalue weighted by molar-refractivity contribution is -0.123. The number of urea groups is 1. The molecular formula is C22H29N5O3. The Kier molecular flexibility index (Phi) is 4.59. The van der Waals surface area contributed by atoms with E-state index in [1.54, 1.807) is 0 Å². The van der Waals surface area contributed by atoms with Gasteiger partial charge in [-0.05, 0) is 50.2 Å². The lowest BCUT2D eigenvalue weighted by Gasteiger charge is -2.28. The molecule has 5 rings (SSSR count).